The Morgan fingerprint density at radius 1 is 1.33 bits per heavy atom. The van der Waals surface area contributed by atoms with E-state index in [1.807, 2.05) is 0 Å². The molecule has 0 spiro atoms. The lowest BCUT2D eigenvalue weighted by atomic mass is 10.2. The van der Waals surface area contributed by atoms with Crippen molar-refractivity contribution < 1.29 is 33.1 Å². The first-order chi connectivity index (χ1) is 8.31. The molecule has 0 heterocycles. The Morgan fingerprint density at radius 3 is 2.22 bits per heavy atom. The fraction of sp³-hybridized carbons (Fsp3) is 0.111. The highest BCUT2D eigenvalue weighted by atomic mass is 19.1. The summed E-state index contributed by atoms with van der Waals surface area (Å²) in [6.45, 7) is 0. The van der Waals surface area contributed by atoms with Gasteiger partial charge in [0, 0.05) is 12.1 Å². The summed E-state index contributed by atoms with van der Waals surface area (Å²) >= 11 is 0. The van der Waals surface area contributed by atoms with Crippen LogP contribution in [0.2, 0.25) is 0 Å². The van der Waals surface area contributed by atoms with Gasteiger partial charge in [-0.05, 0) is 0 Å². The minimum Gasteiger partial charge on any atom is -0.481 e. The number of ether oxygens (including phenoxy) is 1. The van der Waals surface area contributed by atoms with Crippen molar-refractivity contribution in [1.29, 1.82) is 0 Å². The van der Waals surface area contributed by atoms with Crippen molar-refractivity contribution in [2.45, 2.75) is 6.42 Å². The molecule has 0 aliphatic heterocycles. The summed E-state index contributed by atoms with van der Waals surface area (Å²) in [6, 6.07) is 0.835. The Kier molecular flexibility index (Phi) is 3.87. The van der Waals surface area contributed by atoms with Crippen molar-refractivity contribution in [3.05, 3.63) is 33.9 Å². The van der Waals surface area contributed by atoms with Crippen LogP contribution in [0.1, 0.15) is 6.42 Å². The van der Waals surface area contributed by atoms with E-state index in [-0.39, 0.29) is 0 Å². The molecule has 0 aliphatic rings. The number of aliphatic carboxylic acids is 1. The average Bonchev–Trinajstić information content (AvgIpc) is 2.12. The Hall–Kier alpha value is -2.58. The van der Waals surface area contributed by atoms with Gasteiger partial charge in [0.15, 0.2) is 0 Å². The maximum absolute atomic E-state index is 13.1. The van der Waals surface area contributed by atoms with Crippen molar-refractivity contribution in [2.24, 2.45) is 0 Å². The molecular weight excluding hydrogens is 256 g/mol. The largest absolute Gasteiger partial charge is 0.481 e. The number of benzene rings is 1. The molecule has 1 aromatic carbocycles. The van der Waals surface area contributed by atoms with Gasteiger partial charge in [0.25, 0.3) is 0 Å². The quantitative estimate of drug-likeness (QED) is 0.287. The van der Waals surface area contributed by atoms with Crippen LogP contribution >= 0.6 is 0 Å². The van der Waals surface area contributed by atoms with Crippen LogP contribution in [-0.2, 0) is 9.59 Å². The number of nitro benzene ring substituents is 1. The molecule has 1 rings (SSSR count). The molecule has 0 saturated carbocycles. The molecule has 0 fully saturated rings. The maximum atomic E-state index is 13.1. The summed E-state index contributed by atoms with van der Waals surface area (Å²) < 4.78 is 30.5. The number of hydrogen-bond donors (Lipinski definition) is 1. The summed E-state index contributed by atoms with van der Waals surface area (Å²) in [4.78, 5) is 30.0. The molecule has 96 valence electrons. The first-order valence-electron chi connectivity index (χ1n) is 4.37. The third-order valence-electron chi connectivity index (χ3n) is 1.70. The predicted octanol–water partition coefficient (Wildman–Crippen LogP) is 1.25. The second-order valence-electron chi connectivity index (χ2n) is 3.04. The predicted molar refractivity (Wildman–Crippen MR) is 50.9 cm³/mol. The van der Waals surface area contributed by atoms with Crippen LogP contribution in [0.15, 0.2) is 12.1 Å². The number of halogens is 2. The van der Waals surface area contributed by atoms with Crippen LogP contribution in [0.5, 0.6) is 5.75 Å². The van der Waals surface area contributed by atoms with Crippen LogP contribution in [0.4, 0.5) is 14.5 Å². The molecular formula is C9H5F2NO6. The first kappa shape index (κ1) is 13.5. The van der Waals surface area contributed by atoms with Gasteiger partial charge in [-0.25, -0.2) is 0 Å². The van der Waals surface area contributed by atoms with Crippen LogP contribution in [0, 0.1) is 21.7 Å². The smallest absolute Gasteiger partial charge is 0.340 e. The first-order valence-corrected chi connectivity index (χ1v) is 4.37. The SMILES string of the molecule is O=C(O)CC(=O)Oc1cc(F)c([N+](=O)[O-])c(F)c1. The number of carboxylic acids is 1. The van der Waals surface area contributed by atoms with Crippen molar-refractivity contribution in [1.82, 2.24) is 0 Å². The molecule has 0 aromatic heterocycles. The van der Waals surface area contributed by atoms with Gasteiger partial charge in [-0.3, -0.25) is 19.7 Å². The van der Waals surface area contributed by atoms with Gasteiger partial charge >= 0.3 is 17.6 Å². The highest BCUT2D eigenvalue weighted by Gasteiger charge is 2.23. The van der Waals surface area contributed by atoms with Crippen molar-refractivity contribution in [2.75, 3.05) is 0 Å². The van der Waals surface area contributed by atoms with Gasteiger partial charge < -0.3 is 9.84 Å². The monoisotopic (exact) mass is 261 g/mol. The van der Waals surface area contributed by atoms with Gasteiger partial charge in [-0.1, -0.05) is 0 Å². The summed E-state index contributed by atoms with van der Waals surface area (Å²) in [7, 11) is 0. The molecule has 0 atom stereocenters. The standard InChI is InChI=1S/C9H5F2NO6/c10-5-1-4(18-8(15)3-7(13)14)2-6(11)9(5)12(16)17/h1-2H,3H2,(H,13,14). The molecule has 0 radical (unpaired) electrons. The molecule has 0 aliphatic carbocycles. The Labute approximate surface area is 97.7 Å². The Balaban J connectivity index is 2.97. The molecule has 0 amide bonds. The van der Waals surface area contributed by atoms with E-state index in [9.17, 15) is 28.5 Å². The molecule has 0 bridgehead atoms. The summed E-state index contributed by atoms with van der Waals surface area (Å²) in [5, 5.41) is 18.5. The Morgan fingerprint density at radius 2 is 1.83 bits per heavy atom. The van der Waals surface area contributed by atoms with Crippen LogP contribution in [0.3, 0.4) is 0 Å². The van der Waals surface area contributed by atoms with E-state index in [4.69, 9.17) is 5.11 Å². The number of carbonyl (C=O) groups excluding carboxylic acids is 1. The lowest BCUT2D eigenvalue weighted by Gasteiger charge is -2.03. The topological polar surface area (TPSA) is 107 Å². The number of esters is 1. The summed E-state index contributed by atoms with van der Waals surface area (Å²) in [6.07, 6.45) is -1.000. The highest BCUT2D eigenvalue weighted by molar-refractivity contribution is 5.91. The van der Waals surface area contributed by atoms with E-state index in [1.54, 1.807) is 0 Å². The average molecular weight is 261 g/mol. The minimum atomic E-state index is -1.53. The number of nitrogens with zero attached hydrogens (tertiary/aromatic N) is 1. The lowest BCUT2D eigenvalue weighted by Crippen LogP contribution is -2.13. The van der Waals surface area contributed by atoms with E-state index in [0.717, 1.165) is 0 Å². The normalized spacial score (nSPS) is 9.89. The zero-order valence-electron chi connectivity index (χ0n) is 8.55. The Bertz CT molecular complexity index is 507. The molecule has 1 aromatic rings. The zero-order chi connectivity index (χ0) is 13.9. The van der Waals surface area contributed by atoms with E-state index in [2.05, 4.69) is 4.74 Å². The number of carbonyl (C=O) groups is 2. The minimum absolute atomic E-state index is 0.418. The second kappa shape index (κ2) is 5.17. The number of carboxylic acid groups (broad SMARTS) is 1. The third-order valence-corrected chi connectivity index (χ3v) is 1.70. The van der Waals surface area contributed by atoms with Crippen LogP contribution < -0.4 is 4.74 Å². The molecule has 7 nitrogen and oxygen atoms in total. The lowest BCUT2D eigenvalue weighted by molar-refractivity contribution is -0.390. The van der Waals surface area contributed by atoms with E-state index < -0.39 is 46.4 Å². The van der Waals surface area contributed by atoms with Gasteiger partial charge in [-0.2, -0.15) is 8.78 Å². The number of rotatable bonds is 4. The molecule has 1 N–H and O–H groups in total. The third kappa shape index (κ3) is 3.20. The number of hydrogen-bond acceptors (Lipinski definition) is 5. The van der Waals surface area contributed by atoms with E-state index in [0.29, 0.717) is 12.1 Å². The van der Waals surface area contributed by atoms with Gasteiger partial charge in [0.05, 0.1) is 4.92 Å². The highest BCUT2D eigenvalue weighted by Crippen LogP contribution is 2.26. The molecule has 18 heavy (non-hydrogen) atoms. The zero-order valence-corrected chi connectivity index (χ0v) is 8.55. The van der Waals surface area contributed by atoms with E-state index in [1.165, 1.54) is 0 Å². The fourth-order valence-corrected chi connectivity index (χ4v) is 1.07. The maximum Gasteiger partial charge on any atom is 0.340 e. The molecule has 0 saturated heterocycles. The fourth-order valence-electron chi connectivity index (χ4n) is 1.07. The molecule has 0 unspecified atom stereocenters. The van der Waals surface area contributed by atoms with Crippen molar-refractivity contribution in [3.8, 4) is 5.75 Å². The van der Waals surface area contributed by atoms with Crippen molar-refractivity contribution in [3.63, 3.8) is 0 Å². The van der Waals surface area contributed by atoms with Gasteiger partial charge in [0.2, 0.25) is 11.6 Å². The second-order valence-corrected chi connectivity index (χ2v) is 3.04. The summed E-state index contributed by atoms with van der Waals surface area (Å²) in [5.41, 5.74) is -1.38. The van der Waals surface area contributed by atoms with Crippen LogP contribution in [0.25, 0.3) is 0 Å². The van der Waals surface area contributed by atoms with Gasteiger partial charge in [-0.15, -0.1) is 0 Å². The van der Waals surface area contributed by atoms with Gasteiger partial charge in [0.1, 0.15) is 12.2 Å². The van der Waals surface area contributed by atoms with E-state index >= 15 is 0 Å². The summed E-state index contributed by atoms with van der Waals surface area (Å²) in [5.74, 6) is -6.45. The van der Waals surface area contributed by atoms with Crippen LogP contribution in [-0.4, -0.2) is 22.0 Å². The van der Waals surface area contributed by atoms with Crippen molar-refractivity contribution >= 4 is 17.6 Å². The molecule has 9 heteroatoms. The number of nitro groups is 1.